The lowest BCUT2D eigenvalue weighted by Gasteiger charge is -2.72. The molecule has 7 fully saturated rings. The van der Waals surface area contributed by atoms with Gasteiger partial charge in [0.15, 0.2) is 12.6 Å². The van der Waals surface area contributed by atoms with Crippen LogP contribution in [0.4, 0.5) is 0 Å². The number of fused-ring (bicyclic) bond motifs is 5. The third-order valence-electron chi connectivity index (χ3n) is 17.3. The zero-order valence-corrected chi connectivity index (χ0v) is 34.8. The van der Waals surface area contributed by atoms with E-state index in [2.05, 4.69) is 41.5 Å². The predicted octanol–water partition coefficient (Wildman–Crippen LogP) is 1.36. The first-order valence-corrected chi connectivity index (χ1v) is 21.2. The summed E-state index contributed by atoms with van der Waals surface area (Å²) in [6.07, 6.45) is -11.0. The molecule has 7 rings (SSSR count). The molecular weight excluding hydrogens is 728 g/mol. The molecule has 22 atom stereocenters. The van der Waals surface area contributed by atoms with Crippen molar-refractivity contribution in [2.75, 3.05) is 6.61 Å². The fourth-order valence-corrected chi connectivity index (χ4v) is 14.1. The van der Waals surface area contributed by atoms with E-state index in [1.807, 2.05) is 0 Å². The van der Waals surface area contributed by atoms with Gasteiger partial charge in [0, 0.05) is 0 Å². The van der Waals surface area contributed by atoms with E-state index in [4.69, 9.17) is 23.7 Å². The molecule has 0 bridgehead atoms. The van der Waals surface area contributed by atoms with E-state index in [9.17, 15) is 46.0 Å². The summed E-state index contributed by atoms with van der Waals surface area (Å²) in [7, 11) is 0. The van der Waals surface area contributed by atoms with Gasteiger partial charge in [-0.3, -0.25) is 0 Å². The molecule has 324 valence electrons. The average molecular weight is 801 g/mol. The van der Waals surface area contributed by atoms with Crippen LogP contribution < -0.4 is 0 Å². The van der Waals surface area contributed by atoms with Crippen LogP contribution in [0.3, 0.4) is 0 Å². The molecule has 9 N–H and O–H groups in total. The summed E-state index contributed by atoms with van der Waals surface area (Å²) < 4.78 is 32.0. The molecule has 0 amide bonds. The molecule has 3 heterocycles. The molecule has 0 aromatic heterocycles. The first-order chi connectivity index (χ1) is 25.9. The minimum Gasteiger partial charge on any atom is -0.394 e. The summed E-state index contributed by atoms with van der Waals surface area (Å²) >= 11 is 0. The number of hydrogen-bond donors (Lipinski definition) is 9. The summed E-state index contributed by atoms with van der Waals surface area (Å²) in [5, 5.41) is 99.5. The van der Waals surface area contributed by atoms with E-state index in [1.54, 1.807) is 13.8 Å². The summed E-state index contributed by atoms with van der Waals surface area (Å²) in [6.45, 7) is 17.6. The molecule has 4 saturated carbocycles. The molecule has 0 aromatic carbocycles. The van der Waals surface area contributed by atoms with Crippen LogP contribution in [0.2, 0.25) is 0 Å². The van der Waals surface area contributed by atoms with Crippen LogP contribution in [0, 0.1) is 45.3 Å². The van der Waals surface area contributed by atoms with Crippen LogP contribution in [0.5, 0.6) is 0 Å². The largest absolute Gasteiger partial charge is 0.394 e. The first-order valence-electron chi connectivity index (χ1n) is 21.2. The topological polar surface area (TPSA) is 228 Å². The second-order valence-electron chi connectivity index (χ2n) is 21.2. The monoisotopic (exact) mass is 800 g/mol. The van der Waals surface area contributed by atoms with Crippen molar-refractivity contribution in [2.24, 2.45) is 45.3 Å². The molecule has 0 radical (unpaired) electrons. The molecule has 3 aliphatic heterocycles. The lowest BCUT2D eigenvalue weighted by Crippen LogP contribution is -2.71. The van der Waals surface area contributed by atoms with Gasteiger partial charge < -0.3 is 69.6 Å². The van der Waals surface area contributed by atoms with Crippen molar-refractivity contribution in [3.05, 3.63) is 0 Å². The highest BCUT2D eigenvalue weighted by Crippen LogP contribution is 2.76. The van der Waals surface area contributed by atoms with Crippen LogP contribution in [0.1, 0.15) is 114 Å². The van der Waals surface area contributed by atoms with E-state index >= 15 is 0 Å². The minimum atomic E-state index is -1.70. The molecule has 4 aliphatic carbocycles. The van der Waals surface area contributed by atoms with Crippen molar-refractivity contribution >= 4 is 0 Å². The Morgan fingerprint density at radius 3 is 2.04 bits per heavy atom. The van der Waals surface area contributed by atoms with Gasteiger partial charge in [-0.2, -0.15) is 0 Å². The Morgan fingerprint density at radius 1 is 0.732 bits per heavy atom. The van der Waals surface area contributed by atoms with Gasteiger partial charge in [-0.15, -0.1) is 0 Å². The lowest BCUT2D eigenvalue weighted by molar-refractivity contribution is -0.382. The second kappa shape index (κ2) is 14.5. The van der Waals surface area contributed by atoms with Gasteiger partial charge in [0.1, 0.15) is 42.7 Å². The van der Waals surface area contributed by atoms with Crippen LogP contribution in [-0.4, -0.2) is 150 Å². The highest BCUT2D eigenvalue weighted by Gasteiger charge is 2.74. The van der Waals surface area contributed by atoms with Crippen molar-refractivity contribution in [3.8, 4) is 0 Å². The Bertz CT molecular complexity index is 1430. The van der Waals surface area contributed by atoms with Gasteiger partial charge in [-0.05, 0) is 124 Å². The summed E-state index contributed by atoms with van der Waals surface area (Å²) in [5.74, 6) is -0.246. The van der Waals surface area contributed by atoms with Gasteiger partial charge in [0.25, 0.3) is 0 Å². The van der Waals surface area contributed by atoms with Crippen molar-refractivity contribution in [2.45, 2.75) is 211 Å². The maximum Gasteiger partial charge on any atom is 0.187 e. The maximum absolute atomic E-state index is 12.4. The molecule has 0 aromatic rings. The van der Waals surface area contributed by atoms with Crippen LogP contribution >= 0.6 is 0 Å². The number of aliphatic hydroxyl groups is 9. The SMILES string of the molecule is C[C@H]1O[C@@H](O[C@H]2[C@H](O[C@H]3C[C@]4(C)C(CC(O)C5C([C@@]6(C)CC[C@H](C(C)(C)O)O6)CC[C@]54C)[C@@]4(C)CC[C@H](O)C(C)(C)C34)O[C@H](CO)[C@@H](O)[C@@H]2O)[C@H](O)[C@@H](O)[C@@H]1O. The minimum absolute atomic E-state index is 0.0557. The molecule has 7 aliphatic rings. The average Bonchev–Trinajstić information content (AvgIpc) is 3.71. The maximum atomic E-state index is 12.4. The molecule has 3 saturated heterocycles. The van der Waals surface area contributed by atoms with Crippen LogP contribution in [-0.2, 0) is 23.7 Å². The van der Waals surface area contributed by atoms with E-state index in [0.717, 1.165) is 25.7 Å². The van der Waals surface area contributed by atoms with E-state index in [1.165, 1.54) is 6.92 Å². The highest BCUT2D eigenvalue weighted by atomic mass is 16.8. The third-order valence-corrected chi connectivity index (χ3v) is 17.3. The van der Waals surface area contributed by atoms with Crippen LogP contribution in [0.15, 0.2) is 0 Å². The number of hydrogen-bond acceptors (Lipinski definition) is 14. The Morgan fingerprint density at radius 2 is 1.41 bits per heavy atom. The molecule has 14 heteroatoms. The molecule has 5 unspecified atom stereocenters. The fraction of sp³-hybridized carbons (Fsp3) is 1.00. The summed E-state index contributed by atoms with van der Waals surface area (Å²) in [6, 6.07) is 0. The van der Waals surface area contributed by atoms with Gasteiger partial charge in [0.05, 0.1) is 48.3 Å². The number of rotatable bonds is 7. The Balaban J connectivity index is 1.26. The third kappa shape index (κ3) is 6.49. The summed E-state index contributed by atoms with van der Waals surface area (Å²) in [5.41, 5.74) is -3.36. The highest BCUT2D eigenvalue weighted by molar-refractivity contribution is 5.22. The number of ether oxygens (including phenoxy) is 5. The lowest BCUT2D eigenvalue weighted by atomic mass is 9.34. The molecule has 0 spiro atoms. The van der Waals surface area contributed by atoms with Crippen molar-refractivity contribution in [3.63, 3.8) is 0 Å². The van der Waals surface area contributed by atoms with Gasteiger partial charge in [0.2, 0.25) is 0 Å². The zero-order chi connectivity index (χ0) is 41.3. The van der Waals surface area contributed by atoms with E-state index < -0.39 is 114 Å². The summed E-state index contributed by atoms with van der Waals surface area (Å²) in [4.78, 5) is 0. The van der Waals surface area contributed by atoms with Gasteiger partial charge in [-0.1, -0.05) is 34.6 Å². The predicted molar refractivity (Wildman–Crippen MR) is 200 cm³/mol. The van der Waals surface area contributed by atoms with Crippen LogP contribution in [0.25, 0.3) is 0 Å². The van der Waals surface area contributed by atoms with E-state index in [-0.39, 0.29) is 35.2 Å². The molecule has 14 nitrogen and oxygen atoms in total. The zero-order valence-electron chi connectivity index (χ0n) is 34.8. The quantitative estimate of drug-likeness (QED) is 0.166. The molecular formula is C42H72O14. The normalized spacial score (nSPS) is 57.3. The standard InChI is InChI=1S/C42H72O14/c1-19-28(46)30(48)32(50)35(52-19)55-33-31(49)29(47)23(18-43)54-36(33)53-22-17-41(8)24(39(6)13-11-25(45)37(2,3)34(22)39)16-21(44)27-20(10-14-40(27,41)7)42(9)15-12-26(56-42)38(4,5)51/h19-36,43-51H,10-18H2,1-9H3/t19-,20?,21?,22+,23-,24?,25+,26-,27?,28-,29-,30+,31+,32-,33-,34?,35+,36-,39-,40-,41-,42-/m1/s1. The Kier molecular flexibility index (Phi) is 11.3. The second-order valence-corrected chi connectivity index (χ2v) is 21.2. The smallest absolute Gasteiger partial charge is 0.187 e. The van der Waals surface area contributed by atoms with E-state index in [0.29, 0.717) is 25.7 Å². The Hall–Kier alpha value is -0.560. The first kappa shape index (κ1) is 43.5. The van der Waals surface area contributed by atoms with Crippen molar-refractivity contribution in [1.82, 2.24) is 0 Å². The molecule has 56 heavy (non-hydrogen) atoms. The van der Waals surface area contributed by atoms with Crippen molar-refractivity contribution in [1.29, 1.82) is 0 Å². The van der Waals surface area contributed by atoms with Gasteiger partial charge in [-0.25, -0.2) is 0 Å². The van der Waals surface area contributed by atoms with Crippen molar-refractivity contribution < 1.29 is 69.6 Å². The van der Waals surface area contributed by atoms with Gasteiger partial charge >= 0.3 is 0 Å². The fourth-order valence-electron chi connectivity index (χ4n) is 14.1. The Labute approximate surface area is 331 Å². The number of aliphatic hydroxyl groups excluding tert-OH is 8.